The van der Waals surface area contributed by atoms with Gasteiger partial charge in [0.05, 0.1) is 12.2 Å². The minimum Gasteiger partial charge on any atom is -0.482 e. The minimum atomic E-state index is -1.38. The first kappa shape index (κ1) is 20.4. The fourth-order valence-electron chi connectivity index (χ4n) is 2.57. The van der Waals surface area contributed by atoms with Crippen molar-refractivity contribution in [1.29, 1.82) is 0 Å². The second-order valence-electron chi connectivity index (χ2n) is 7.13. The molecule has 0 aliphatic heterocycles. The first-order chi connectivity index (χ1) is 12.7. The lowest BCUT2D eigenvalue weighted by molar-refractivity contribution is 0.0674. The van der Waals surface area contributed by atoms with E-state index in [-0.39, 0.29) is 25.3 Å². The Morgan fingerprint density at radius 1 is 1.15 bits per heavy atom. The van der Waals surface area contributed by atoms with Gasteiger partial charge in [-0.2, -0.15) is 0 Å². The molecule has 0 bridgehead atoms. The van der Waals surface area contributed by atoms with Gasteiger partial charge in [0.1, 0.15) is 6.61 Å². The number of nitrogens with zero attached hydrogens (tertiary/aromatic N) is 1. The second-order valence-corrected chi connectivity index (χ2v) is 7.13. The predicted octanol–water partition coefficient (Wildman–Crippen LogP) is 2.35. The number of Topliss-reactive ketones (excluding diaryl/α,β-unsaturated/α-hetero) is 1. The third-order valence-electron chi connectivity index (χ3n) is 3.93. The molecule has 0 radical (unpaired) electrons. The average Bonchev–Trinajstić information content (AvgIpc) is 2.61. The zero-order valence-corrected chi connectivity index (χ0v) is 15.6. The van der Waals surface area contributed by atoms with Crippen LogP contribution in [-0.4, -0.2) is 33.1 Å². The fraction of sp³-hybridized carbons (Fsp3) is 0.350. The Labute approximate surface area is 156 Å². The number of carboxylic acids is 1. The van der Waals surface area contributed by atoms with Crippen LogP contribution in [0, 0.1) is 5.41 Å². The Hall–Kier alpha value is -2.93. The molecule has 0 atom stereocenters. The molecule has 1 aromatic carbocycles. The minimum absolute atomic E-state index is 0.0252. The molecule has 7 nitrogen and oxygen atoms in total. The van der Waals surface area contributed by atoms with Crippen LogP contribution >= 0.6 is 0 Å². The van der Waals surface area contributed by atoms with Crippen LogP contribution in [0.2, 0.25) is 0 Å². The second kappa shape index (κ2) is 8.18. The summed E-state index contributed by atoms with van der Waals surface area (Å²) >= 11 is 0. The van der Waals surface area contributed by atoms with E-state index in [0.29, 0.717) is 0 Å². The van der Waals surface area contributed by atoms with E-state index in [1.165, 1.54) is 10.8 Å². The van der Waals surface area contributed by atoms with Gasteiger partial charge in [-0.3, -0.25) is 9.59 Å². The predicted molar refractivity (Wildman–Crippen MR) is 99.3 cm³/mol. The maximum atomic E-state index is 12.9. The molecule has 0 aliphatic carbocycles. The summed E-state index contributed by atoms with van der Waals surface area (Å²) in [7, 11) is 0. The summed E-state index contributed by atoms with van der Waals surface area (Å²) in [6, 6.07) is 8.96. The van der Waals surface area contributed by atoms with E-state index in [2.05, 4.69) is 0 Å². The zero-order chi connectivity index (χ0) is 20.2. The van der Waals surface area contributed by atoms with Crippen LogP contribution in [0.4, 0.5) is 0 Å². The highest BCUT2D eigenvalue weighted by Gasteiger charge is 2.30. The summed E-state index contributed by atoms with van der Waals surface area (Å²) in [6.07, 6.45) is 1.19. The molecule has 2 rings (SSSR count). The topological polar surface area (TPSA) is 106 Å². The van der Waals surface area contributed by atoms with E-state index in [1.807, 2.05) is 6.07 Å². The van der Waals surface area contributed by atoms with Crippen molar-refractivity contribution >= 4 is 11.8 Å². The standard InChI is InChI=1S/C20H23NO6/c1-20(2,3)18(24)14-11-21(9-10-22)15(19(25)26)17(16(14)23)27-12-13-7-5-4-6-8-13/h4-8,11,22H,9-10,12H2,1-3H3,(H,25,26). The molecule has 0 amide bonds. The van der Waals surface area contributed by atoms with Crippen molar-refractivity contribution in [3.05, 3.63) is 63.6 Å². The van der Waals surface area contributed by atoms with Crippen molar-refractivity contribution in [1.82, 2.24) is 4.57 Å². The molecule has 0 aliphatic rings. The Balaban J connectivity index is 2.62. The fourth-order valence-corrected chi connectivity index (χ4v) is 2.57. The van der Waals surface area contributed by atoms with Gasteiger partial charge in [0.25, 0.3) is 0 Å². The number of ketones is 1. The Bertz CT molecular complexity index is 893. The number of aliphatic hydroxyl groups is 1. The van der Waals surface area contributed by atoms with E-state index in [0.717, 1.165) is 5.56 Å². The number of ether oxygens (including phenoxy) is 1. The summed E-state index contributed by atoms with van der Waals surface area (Å²) < 4.78 is 6.73. The van der Waals surface area contributed by atoms with Crippen molar-refractivity contribution in [2.75, 3.05) is 6.61 Å². The summed E-state index contributed by atoms with van der Waals surface area (Å²) in [5, 5.41) is 18.8. The van der Waals surface area contributed by atoms with Crippen LogP contribution in [-0.2, 0) is 13.2 Å². The molecule has 144 valence electrons. The largest absolute Gasteiger partial charge is 0.482 e. The number of aromatic nitrogens is 1. The number of hydrogen-bond donors (Lipinski definition) is 2. The summed E-state index contributed by atoms with van der Waals surface area (Å²) in [6.45, 7) is 4.53. The molecule has 2 aromatic rings. The number of aromatic carboxylic acids is 1. The number of aliphatic hydroxyl groups excluding tert-OH is 1. The highest BCUT2D eigenvalue weighted by atomic mass is 16.5. The number of carbonyl (C=O) groups excluding carboxylic acids is 1. The van der Waals surface area contributed by atoms with Gasteiger partial charge in [-0.05, 0) is 5.56 Å². The van der Waals surface area contributed by atoms with Gasteiger partial charge in [0, 0.05) is 18.2 Å². The molecule has 0 unspecified atom stereocenters. The average molecular weight is 373 g/mol. The highest BCUT2D eigenvalue weighted by molar-refractivity contribution is 6.00. The van der Waals surface area contributed by atoms with Gasteiger partial charge in [-0.15, -0.1) is 0 Å². The van der Waals surface area contributed by atoms with Crippen LogP contribution in [0.25, 0.3) is 0 Å². The van der Waals surface area contributed by atoms with E-state index in [9.17, 15) is 24.6 Å². The van der Waals surface area contributed by atoms with Crippen molar-refractivity contribution in [3.63, 3.8) is 0 Å². The first-order valence-corrected chi connectivity index (χ1v) is 8.50. The maximum Gasteiger partial charge on any atom is 0.356 e. The summed E-state index contributed by atoms with van der Waals surface area (Å²) in [5.74, 6) is -2.21. The lowest BCUT2D eigenvalue weighted by Gasteiger charge is -2.20. The monoisotopic (exact) mass is 373 g/mol. The molecule has 0 fully saturated rings. The van der Waals surface area contributed by atoms with Gasteiger partial charge in [-0.1, -0.05) is 51.1 Å². The number of hydrogen-bond acceptors (Lipinski definition) is 5. The van der Waals surface area contributed by atoms with E-state index in [4.69, 9.17) is 4.74 Å². The normalized spacial score (nSPS) is 11.3. The molecule has 1 heterocycles. The lowest BCUT2D eigenvalue weighted by Crippen LogP contribution is -2.31. The summed E-state index contributed by atoms with van der Waals surface area (Å²) in [4.78, 5) is 37.3. The third kappa shape index (κ3) is 4.62. The molecular weight excluding hydrogens is 350 g/mol. The molecular formula is C20H23NO6. The Morgan fingerprint density at radius 3 is 2.30 bits per heavy atom. The number of rotatable bonds is 7. The van der Waals surface area contributed by atoms with Crippen LogP contribution < -0.4 is 10.2 Å². The smallest absolute Gasteiger partial charge is 0.356 e. The number of benzene rings is 1. The van der Waals surface area contributed by atoms with Crippen LogP contribution in [0.15, 0.2) is 41.3 Å². The van der Waals surface area contributed by atoms with Gasteiger partial charge in [0.15, 0.2) is 17.2 Å². The highest BCUT2D eigenvalue weighted by Crippen LogP contribution is 2.23. The Kier molecular flexibility index (Phi) is 6.17. The maximum absolute atomic E-state index is 12.9. The molecule has 1 aromatic heterocycles. The number of carboxylic acid groups (broad SMARTS) is 1. The molecule has 0 spiro atoms. The van der Waals surface area contributed by atoms with E-state index >= 15 is 0 Å². The van der Waals surface area contributed by atoms with E-state index < -0.39 is 34.0 Å². The van der Waals surface area contributed by atoms with Gasteiger partial charge in [0.2, 0.25) is 5.43 Å². The number of pyridine rings is 1. The lowest BCUT2D eigenvalue weighted by atomic mass is 9.87. The molecule has 27 heavy (non-hydrogen) atoms. The van der Waals surface area contributed by atoms with Gasteiger partial charge >= 0.3 is 5.97 Å². The van der Waals surface area contributed by atoms with Crippen molar-refractivity contribution in [2.24, 2.45) is 5.41 Å². The van der Waals surface area contributed by atoms with Gasteiger partial charge < -0.3 is 19.5 Å². The van der Waals surface area contributed by atoms with Crippen LogP contribution in [0.3, 0.4) is 0 Å². The van der Waals surface area contributed by atoms with Gasteiger partial charge in [-0.25, -0.2) is 4.79 Å². The SMILES string of the molecule is CC(C)(C)C(=O)c1cn(CCO)c(C(=O)O)c(OCc2ccccc2)c1=O. The molecule has 0 saturated carbocycles. The number of carbonyl (C=O) groups is 2. The van der Waals surface area contributed by atoms with Crippen LogP contribution in [0.1, 0.15) is 47.2 Å². The third-order valence-corrected chi connectivity index (χ3v) is 3.93. The van der Waals surface area contributed by atoms with Crippen molar-refractivity contribution in [3.8, 4) is 5.75 Å². The Morgan fingerprint density at radius 2 is 1.78 bits per heavy atom. The summed E-state index contributed by atoms with van der Waals surface area (Å²) in [5.41, 5.74) is -1.41. The zero-order valence-electron chi connectivity index (χ0n) is 15.6. The van der Waals surface area contributed by atoms with Crippen molar-refractivity contribution < 1.29 is 24.5 Å². The first-order valence-electron chi connectivity index (χ1n) is 8.50. The van der Waals surface area contributed by atoms with Crippen molar-refractivity contribution in [2.45, 2.75) is 33.9 Å². The van der Waals surface area contributed by atoms with Crippen LogP contribution in [0.5, 0.6) is 5.75 Å². The molecule has 7 heteroatoms. The molecule has 2 N–H and O–H groups in total. The van der Waals surface area contributed by atoms with E-state index in [1.54, 1.807) is 45.0 Å². The molecule has 0 saturated heterocycles. The quantitative estimate of drug-likeness (QED) is 0.722.